The molecule has 4 aromatic rings. The number of ether oxygens (including phenoxy) is 1. The van der Waals surface area contributed by atoms with Gasteiger partial charge in [0.2, 0.25) is 27.6 Å². The summed E-state index contributed by atoms with van der Waals surface area (Å²) < 4.78 is 39.3. The van der Waals surface area contributed by atoms with Gasteiger partial charge in [0.05, 0.1) is 12.0 Å². The largest absolute Gasteiger partial charge is 0.496 e. The van der Waals surface area contributed by atoms with Crippen LogP contribution >= 0.6 is 0 Å². The summed E-state index contributed by atoms with van der Waals surface area (Å²) in [7, 11) is -2.24. The Morgan fingerprint density at radius 2 is 1.92 bits per heavy atom. The number of aryl methyl sites for hydroxylation is 1. The first-order chi connectivity index (χ1) is 18.3. The van der Waals surface area contributed by atoms with Crippen LogP contribution in [0.5, 0.6) is 5.75 Å². The average molecular weight is 535 g/mol. The maximum Gasteiger partial charge on any atom is 0.246 e. The van der Waals surface area contributed by atoms with E-state index < -0.39 is 16.1 Å². The van der Waals surface area contributed by atoms with Gasteiger partial charge in [0.25, 0.3) is 0 Å². The molecular weight excluding hydrogens is 504 g/mol. The fraction of sp³-hybridized carbons (Fsp3) is 0.321. The van der Waals surface area contributed by atoms with Crippen molar-refractivity contribution in [1.82, 2.24) is 19.3 Å². The van der Waals surface area contributed by atoms with Gasteiger partial charge in [-0.25, -0.2) is 8.42 Å². The molecule has 0 saturated carbocycles. The Balaban J connectivity index is 1.34. The van der Waals surface area contributed by atoms with Crippen LogP contribution in [0.25, 0.3) is 22.2 Å². The molecule has 5 rings (SSSR count). The second kappa shape index (κ2) is 10.5. The summed E-state index contributed by atoms with van der Waals surface area (Å²) in [5.74, 6) is 1.19. The predicted octanol–water partition coefficient (Wildman–Crippen LogP) is 4.41. The normalized spacial score (nSPS) is 16.1. The Morgan fingerprint density at radius 3 is 2.66 bits per heavy atom. The van der Waals surface area contributed by atoms with E-state index in [0.717, 1.165) is 27.6 Å². The van der Waals surface area contributed by atoms with Crippen molar-refractivity contribution in [2.45, 2.75) is 44.2 Å². The lowest BCUT2D eigenvalue weighted by molar-refractivity contribution is -0.135. The van der Waals surface area contributed by atoms with E-state index in [9.17, 15) is 13.2 Å². The van der Waals surface area contributed by atoms with Crippen LogP contribution in [0.3, 0.4) is 0 Å². The van der Waals surface area contributed by atoms with Crippen molar-refractivity contribution in [1.29, 1.82) is 0 Å². The molecule has 1 atom stereocenters. The summed E-state index contributed by atoms with van der Waals surface area (Å²) in [5, 5.41) is 5.87. The number of methoxy groups -OCH3 is 1. The maximum absolute atomic E-state index is 13.6. The Labute approximate surface area is 222 Å². The molecule has 0 spiro atoms. The molecule has 38 heavy (non-hydrogen) atoms. The number of sulfonamides is 1. The number of fused-ring (bicyclic) bond motifs is 1. The molecule has 1 fully saturated rings. The number of benzene rings is 3. The third kappa shape index (κ3) is 4.89. The summed E-state index contributed by atoms with van der Waals surface area (Å²) >= 11 is 0. The minimum absolute atomic E-state index is 0.0951. The fourth-order valence-electron chi connectivity index (χ4n) is 4.91. The first-order valence-corrected chi connectivity index (χ1v) is 14.0. The lowest BCUT2D eigenvalue weighted by atomic mass is 10.1. The van der Waals surface area contributed by atoms with Crippen LogP contribution in [-0.4, -0.2) is 59.9 Å². The van der Waals surface area contributed by atoms with Crippen LogP contribution in [0.2, 0.25) is 0 Å². The highest BCUT2D eigenvalue weighted by molar-refractivity contribution is 7.89. The first-order valence-electron chi connectivity index (χ1n) is 12.6. The highest BCUT2D eigenvalue weighted by Gasteiger charge is 2.41. The van der Waals surface area contributed by atoms with Gasteiger partial charge in [-0.1, -0.05) is 35.5 Å². The monoisotopic (exact) mass is 534 g/mol. The predicted molar refractivity (Wildman–Crippen MR) is 143 cm³/mol. The lowest BCUT2D eigenvalue weighted by Crippen LogP contribution is -2.47. The second-order valence-electron chi connectivity index (χ2n) is 9.33. The summed E-state index contributed by atoms with van der Waals surface area (Å²) in [4.78, 5) is 19.8. The molecule has 10 heteroatoms. The number of hydrogen-bond donors (Lipinski definition) is 0. The van der Waals surface area contributed by atoms with Gasteiger partial charge in [-0.3, -0.25) is 4.79 Å². The van der Waals surface area contributed by atoms with Gasteiger partial charge in [0.1, 0.15) is 18.3 Å². The van der Waals surface area contributed by atoms with E-state index in [2.05, 4.69) is 10.1 Å². The zero-order chi connectivity index (χ0) is 26.9. The van der Waals surface area contributed by atoms with Crippen LogP contribution in [-0.2, 0) is 21.4 Å². The zero-order valence-corrected chi connectivity index (χ0v) is 22.4. The van der Waals surface area contributed by atoms with Crippen molar-refractivity contribution < 1.29 is 22.5 Å². The molecule has 1 unspecified atom stereocenters. The molecule has 0 N–H and O–H groups in total. The van der Waals surface area contributed by atoms with Gasteiger partial charge >= 0.3 is 0 Å². The minimum atomic E-state index is -3.86. The topological polar surface area (TPSA) is 106 Å². The molecule has 0 bridgehead atoms. The Bertz CT molecular complexity index is 1580. The summed E-state index contributed by atoms with van der Waals surface area (Å²) in [6.07, 6.45) is 1.07. The number of aromatic nitrogens is 2. The van der Waals surface area contributed by atoms with Crippen molar-refractivity contribution in [3.63, 3.8) is 0 Å². The van der Waals surface area contributed by atoms with Crippen LogP contribution < -0.4 is 4.74 Å². The fourth-order valence-corrected chi connectivity index (χ4v) is 6.60. The Hall–Kier alpha value is -3.76. The molecule has 1 aliphatic rings. The van der Waals surface area contributed by atoms with Crippen LogP contribution in [0.1, 0.15) is 31.2 Å². The summed E-state index contributed by atoms with van der Waals surface area (Å²) in [6.45, 7) is 4.54. The molecule has 1 aliphatic heterocycles. The van der Waals surface area contributed by atoms with E-state index in [1.807, 2.05) is 56.3 Å². The second-order valence-corrected chi connectivity index (χ2v) is 11.2. The van der Waals surface area contributed by atoms with E-state index in [1.54, 1.807) is 30.2 Å². The third-order valence-corrected chi connectivity index (χ3v) is 8.86. The van der Waals surface area contributed by atoms with Gasteiger partial charge in [0.15, 0.2) is 0 Å². The molecule has 2 heterocycles. The molecule has 3 aromatic carbocycles. The molecule has 198 valence electrons. The number of carbonyl (C=O) groups excluding carboxylic acids is 1. The van der Waals surface area contributed by atoms with Crippen LogP contribution in [0.4, 0.5) is 0 Å². The van der Waals surface area contributed by atoms with Crippen molar-refractivity contribution >= 4 is 26.7 Å². The van der Waals surface area contributed by atoms with Gasteiger partial charge in [0, 0.05) is 18.7 Å². The van der Waals surface area contributed by atoms with E-state index in [0.29, 0.717) is 31.8 Å². The van der Waals surface area contributed by atoms with Crippen molar-refractivity contribution in [2.24, 2.45) is 0 Å². The molecular formula is C28H30N4O5S. The maximum atomic E-state index is 13.6. The standard InChI is InChI=1S/C28H30N4O5S/c1-4-31(18-26-29-27(30-37-26)22-12-14-25(36-3)19(2)16-22)28(33)24-10-7-15-32(24)38(34,35)23-13-11-20-8-5-6-9-21(20)17-23/h5-6,8-9,11-14,16-17,24H,4,7,10,15,18H2,1-3H3. The third-order valence-electron chi connectivity index (χ3n) is 6.96. The molecule has 1 saturated heterocycles. The number of nitrogens with zero attached hydrogens (tertiary/aromatic N) is 4. The quantitative estimate of drug-likeness (QED) is 0.330. The minimum Gasteiger partial charge on any atom is -0.496 e. The Kier molecular flexibility index (Phi) is 7.18. The average Bonchev–Trinajstić information content (AvgIpc) is 3.61. The van der Waals surface area contributed by atoms with Crippen molar-refractivity contribution in [3.8, 4) is 17.1 Å². The van der Waals surface area contributed by atoms with E-state index in [1.165, 1.54) is 4.31 Å². The molecule has 0 radical (unpaired) electrons. The van der Waals surface area contributed by atoms with Crippen LogP contribution in [0, 0.1) is 6.92 Å². The SMILES string of the molecule is CCN(Cc1nc(-c2ccc(OC)c(C)c2)no1)C(=O)C1CCCN1S(=O)(=O)c1ccc2ccccc2c1. The smallest absolute Gasteiger partial charge is 0.246 e. The van der Waals surface area contributed by atoms with E-state index in [4.69, 9.17) is 9.26 Å². The number of carbonyl (C=O) groups is 1. The highest BCUT2D eigenvalue weighted by Crippen LogP contribution is 2.30. The van der Waals surface area contributed by atoms with E-state index in [-0.39, 0.29) is 23.2 Å². The molecule has 0 aliphatic carbocycles. The summed E-state index contributed by atoms with van der Waals surface area (Å²) in [5.41, 5.74) is 1.71. The van der Waals surface area contributed by atoms with Crippen molar-refractivity contribution in [2.75, 3.05) is 20.2 Å². The zero-order valence-electron chi connectivity index (χ0n) is 21.6. The van der Waals surface area contributed by atoms with Crippen molar-refractivity contribution in [3.05, 3.63) is 72.1 Å². The van der Waals surface area contributed by atoms with Gasteiger partial charge in [-0.15, -0.1) is 0 Å². The van der Waals surface area contributed by atoms with Gasteiger partial charge < -0.3 is 14.2 Å². The van der Waals surface area contributed by atoms with Crippen LogP contribution in [0.15, 0.2) is 70.1 Å². The number of amides is 1. The highest BCUT2D eigenvalue weighted by atomic mass is 32.2. The molecule has 9 nitrogen and oxygen atoms in total. The number of likely N-dealkylation sites (N-methyl/N-ethyl adjacent to an activating group) is 1. The van der Waals surface area contributed by atoms with Gasteiger partial charge in [-0.2, -0.15) is 9.29 Å². The summed E-state index contributed by atoms with van der Waals surface area (Å²) in [6, 6.07) is 17.5. The Morgan fingerprint density at radius 1 is 1.13 bits per heavy atom. The molecule has 1 amide bonds. The number of hydrogen-bond acceptors (Lipinski definition) is 7. The lowest BCUT2D eigenvalue weighted by Gasteiger charge is -2.28. The van der Waals surface area contributed by atoms with Gasteiger partial charge in [-0.05, 0) is 73.4 Å². The molecule has 1 aromatic heterocycles. The number of rotatable bonds is 8. The van der Waals surface area contributed by atoms with E-state index >= 15 is 0 Å². The first kappa shape index (κ1) is 25.9.